The van der Waals surface area contributed by atoms with Gasteiger partial charge in [-0.05, 0) is 41.7 Å². The van der Waals surface area contributed by atoms with Crippen molar-refractivity contribution in [3.63, 3.8) is 0 Å². The second kappa shape index (κ2) is 11.1. The standard InChI is InChI=1S/C23H27IN4O2S/c1-4-8-28(9-5-2)23(29)18-10-17-7-6-16(12-21(17)26-22(13-18)27-24)19-11-20(31(3)30)15-25-14-19/h6-7,10-12,14-15H,4-5,8-9,13H2,1-3H3,(H,26,27). The summed E-state index contributed by atoms with van der Waals surface area (Å²) >= 11 is 0.966. The van der Waals surface area contributed by atoms with Gasteiger partial charge in [-0.2, -0.15) is 0 Å². The van der Waals surface area contributed by atoms with E-state index in [9.17, 15) is 9.35 Å². The van der Waals surface area contributed by atoms with Gasteiger partial charge in [-0.25, -0.2) is 4.99 Å². The quantitative estimate of drug-likeness (QED) is 0.303. The predicted molar refractivity (Wildman–Crippen MR) is 136 cm³/mol. The van der Waals surface area contributed by atoms with Crippen molar-refractivity contribution in [3.8, 4) is 11.1 Å². The molecule has 164 valence electrons. The van der Waals surface area contributed by atoms with Crippen molar-refractivity contribution >= 4 is 57.5 Å². The molecule has 1 aromatic carbocycles. The summed E-state index contributed by atoms with van der Waals surface area (Å²) in [5.41, 5.74) is 4.26. The molecule has 0 spiro atoms. The highest BCUT2D eigenvalue weighted by Gasteiger charge is 2.22. The second-order valence-electron chi connectivity index (χ2n) is 7.43. The van der Waals surface area contributed by atoms with Gasteiger partial charge in [-0.15, -0.1) is 0 Å². The molecule has 2 heterocycles. The Morgan fingerprint density at radius 1 is 1.19 bits per heavy atom. The molecular formula is C23H27IN4O2S. The van der Waals surface area contributed by atoms with Crippen LogP contribution >= 0.6 is 22.9 Å². The Balaban J connectivity index is 2.01. The number of fused-ring (bicyclic) bond motifs is 1. The zero-order valence-electron chi connectivity index (χ0n) is 18.0. The minimum Gasteiger partial charge on any atom is -0.612 e. The highest BCUT2D eigenvalue weighted by atomic mass is 127. The van der Waals surface area contributed by atoms with Gasteiger partial charge in [0.1, 0.15) is 12.1 Å². The first-order valence-corrected chi connectivity index (χ1v) is 13.0. The summed E-state index contributed by atoms with van der Waals surface area (Å²) in [7, 11) is 0. The van der Waals surface area contributed by atoms with Crippen LogP contribution in [-0.4, -0.2) is 45.5 Å². The largest absolute Gasteiger partial charge is 0.612 e. The van der Waals surface area contributed by atoms with Crippen LogP contribution in [0.25, 0.3) is 17.2 Å². The zero-order chi connectivity index (χ0) is 22.4. The number of carbonyl (C=O) groups excluding carboxylic acids is 1. The lowest BCUT2D eigenvalue weighted by atomic mass is 10.0. The van der Waals surface area contributed by atoms with Gasteiger partial charge in [0.15, 0.2) is 4.90 Å². The molecule has 1 atom stereocenters. The molecular weight excluding hydrogens is 523 g/mol. The molecule has 1 aromatic heterocycles. The Kier molecular flexibility index (Phi) is 8.50. The van der Waals surface area contributed by atoms with Crippen molar-refractivity contribution in [2.24, 2.45) is 4.99 Å². The molecule has 8 heteroatoms. The number of halogens is 1. The van der Waals surface area contributed by atoms with E-state index in [2.05, 4.69) is 45.2 Å². The molecule has 3 rings (SSSR count). The minimum absolute atomic E-state index is 0.0716. The third-order valence-corrected chi connectivity index (χ3v) is 6.52. The average Bonchev–Trinajstić information content (AvgIpc) is 2.97. The van der Waals surface area contributed by atoms with E-state index in [1.54, 1.807) is 18.6 Å². The number of pyridine rings is 1. The maximum Gasteiger partial charge on any atom is 0.250 e. The number of carbonyl (C=O) groups is 1. The number of nitrogens with zero attached hydrogens (tertiary/aromatic N) is 3. The maximum absolute atomic E-state index is 13.2. The molecule has 0 saturated heterocycles. The van der Waals surface area contributed by atoms with Gasteiger partial charge in [0.05, 0.1) is 34.7 Å². The summed E-state index contributed by atoms with van der Waals surface area (Å²) in [5.74, 6) is 0.813. The molecule has 31 heavy (non-hydrogen) atoms. The lowest BCUT2D eigenvalue weighted by Gasteiger charge is -2.23. The van der Waals surface area contributed by atoms with E-state index in [4.69, 9.17) is 4.99 Å². The van der Waals surface area contributed by atoms with Gasteiger partial charge < -0.3 is 13.0 Å². The molecule has 0 fully saturated rings. The molecule has 1 aliphatic heterocycles. The molecule has 1 amide bonds. The number of amidine groups is 1. The van der Waals surface area contributed by atoms with Gasteiger partial charge in [0.2, 0.25) is 5.91 Å². The van der Waals surface area contributed by atoms with Gasteiger partial charge in [-0.3, -0.25) is 9.78 Å². The van der Waals surface area contributed by atoms with E-state index in [1.165, 1.54) is 0 Å². The molecule has 2 aromatic rings. The number of nitrogens with one attached hydrogen (secondary N) is 1. The third-order valence-electron chi connectivity index (χ3n) is 5.01. The fraction of sp³-hybridized carbons (Fsp3) is 0.348. The van der Waals surface area contributed by atoms with E-state index in [0.29, 0.717) is 11.3 Å². The molecule has 0 radical (unpaired) electrons. The first-order chi connectivity index (χ1) is 15.0. The van der Waals surface area contributed by atoms with Crippen LogP contribution in [0.3, 0.4) is 0 Å². The van der Waals surface area contributed by atoms with Crippen molar-refractivity contribution in [1.29, 1.82) is 0 Å². The normalized spacial score (nSPS) is 14.1. The second-order valence-corrected chi connectivity index (χ2v) is 9.35. The molecule has 1 aliphatic rings. The number of amides is 1. The number of rotatable bonds is 7. The monoisotopic (exact) mass is 550 g/mol. The molecule has 6 nitrogen and oxygen atoms in total. The Morgan fingerprint density at radius 3 is 2.58 bits per heavy atom. The first-order valence-electron chi connectivity index (χ1n) is 10.3. The van der Waals surface area contributed by atoms with Crippen molar-refractivity contribution < 1.29 is 9.35 Å². The highest BCUT2D eigenvalue weighted by Crippen LogP contribution is 2.32. The van der Waals surface area contributed by atoms with Crippen molar-refractivity contribution in [2.75, 3.05) is 19.3 Å². The predicted octanol–water partition coefficient (Wildman–Crippen LogP) is 4.89. The van der Waals surface area contributed by atoms with Crippen LogP contribution < -0.4 is 3.53 Å². The molecule has 0 saturated carbocycles. The molecule has 0 bridgehead atoms. The van der Waals surface area contributed by atoms with Crippen LogP contribution in [0.1, 0.15) is 38.7 Å². The van der Waals surface area contributed by atoms with E-state index in [0.717, 1.165) is 59.7 Å². The summed E-state index contributed by atoms with van der Waals surface area (Å²) in [6.07, 6.45) is 9.30. The number of hydrogen-bond donors (Lipinski definition) is 1. The van der Waals surface area contributed by atoms with Crippen molar-refractivity contribution in [1.82, 2.24) is 13.4 Å². The molecule has 0 aliphatic carbocycles. The first kappa shape index (κ1) is 23.7. The van der Waals surface area contributed by atoms with Crippen LogP contribution in [0, 0.1) is 0 Å². The Morgan fingerprint density at radius 2 is 1.94 bits per heavy atom. The maximum atomic E-state index is 13.2. The summed E-state index contributed by atoms with van der Waals surface area (Å²) in [5, 5.41) is 0. The Hall–Kier alpha value is -1.91. The van der Waals surface area contributed by atoms with E-state index in [1.807, 2.05) is 35.2 Å². The zero-order valence-corrected chi connectivity index (χ0v) is 21.0. The van der Waals surface area contributed by atoms with Crippen LogP contribution in [0.15, 0.2) is 52.1 Å². The van der Waals surface area contributed by atoms with Gasteiger partial charge >= 0.3 is 0 Å². The summed E-state index contributed by atoms with van der Waals surface area (Å²) < 4.78 is 14.9. The average molecular weight is 550 g/mol. The van der Waals surface area contributed by atoms with E-state index >= 15 is 0 Å². The topological polar surface area (TPSA) is 80.7 Å². The summed E-state index contributed by atoms with van der Waals surface area (Å²) in [6.45, 7) is 5.68. The number of benzene rings is 1. The minimum atomic E-state index is -1.10. The van der Waals surface area contributed by atoms with Gasteiger partial charge in [0, 0.05) is 48.5 Å². The van der Waals surface area contributed by atoms with E-state index < -0.39 is 11.2 Å². The summed E-state index contributed by atoms with van der Waals surface area (Å²) in [6, 6.07) is 7.85. The number of hydrogen-bond acceptors (Lipinski definition) is 5. The lowest BCUT2D eigenvalue weighted by molar-refractivity contribution is -0.127. The van der Waals surface area contributed by atoms with E-state index in [-0.39, 0.29) is 5.91 Å². The van der Waals surface area contributed by atoms with Crippen LogP contribution in [0.4, 0.5) is 5.69 Å². The van der Waals surface area contributed by atoms with Crippen LogP contribution in [0.2, 0.25) is 0 Å². The molecule has 1 N–H and O–H groups in total. The van der Waals surface area contributed by atoms with Crippen molar-refractivity contribution in [2.45, 2.75) is 38.0 Å². The van der Waals surface area contributed by atoms with Gasteiger partial charge in [-0.1, -0.05) is 26.0 Å². The SMILES string of the molecule is CCCN(CCC)C(=O)C1=Cc2ccc(-c3cncc([S+](C)[O-])c3)cc2N=C(NI)C1. The Bertz CT molecular complexity index is 1000. The fourth-order valence-electron chi connectivity index (χ4n) is 3.53. The molecule has 1 unspecified atom stereocenters. The summed E-state index contributed by atoms with van der Waals surface area (Å²) in [4.78, 5) is 24.9. The Labute approximate surface area is 200 Å². The number of aromatic nitrogens is 1. The van der Waals surface area contributed by atoms with Crippen LogP contribution in [-0.2, 0) is 16.0 Å². The smallest absolute Gasteiger partial charge is 0.250 e. The third kappa shape index (κ3) is 5.87. The fourth-order valence-corrected chi connectivity index (χ4v) is 4.34. The lowest BCUT2D eigenvalue weighted by Crippen LogP contribution is -2.34. The highest BCUT2D eigenvalue weighted by molar-refractivity contribution is 14.1. The van der Waals surface area contributed by atoms with Crippen molar-refractivity contribution in [3.05, 3.63) is 47.8 Å². The number of aliphatic imine (C=N–C) groups is 1. The van der Waals surface area contributed by atoms with Gasteiger partial charge in [0.25, 0.3) is 0 Å². The van der Waals surface area contributed by atoms with Crippen LogP contribution in [0.5, 0.6) is 0 Å².